The fourth-order valence-corrected chi connectivity index (χ4v) is 2.79. The van der Waals surface area contributed by atoms with Crippen LogP contribution in [-0.4, -0.2) is 64.3 Å². The van der Waals surface area contributed by atoms with Crippen LogP contribution in [0.1, 0.15) is 23.6 Å². The third-order valence-corrected chi connectivity index (χ3v) is 4.36. The minimum atomic E-state index is -1.47. The molecule has 0 spiro atoms. The number of benzene rings is 1. The second kappa shape index (κ2) is 7.67. The van der Waals surface area contributed by atoms with Crippen molar-refractivity contribution in [3.05, 3.63) is 22.8 Å². The van der Waals surface area contributed by atoms with Crippen LogP contribution in [0.5, 0.6) is 11.5 Å². The second-order valence-electron chi connectivity index (χ2n) is 6.02. The first-order valence-electron chi connectivity index (χ1n) is 8.02. The molecule has 7 heteroatoms. The number of ether oxygens (including phenoxy) is 3. The maximum Gasteiger partial charge on any atom is 0.229 e. The van der Waals surface area contributed by atoms with Crippen molar-refractivity contribution >= 4 is 0 Å². The van der Waals surface area contributed by atoms with Crippen molar-refractivity contribution in [1.82, 2.24) is 0 Å². The summed E-state index contributed by atoms with van der Waals surface area (Å²) >= 11 is 0. The molecule has 1 aliphatic rings. The standard InChI is InChI=1S/C17H26O7/c1-5-22-11-6-8(2)16(10(4)9(11)3)24-17-15(21)14(20)13(19)12(7-18)23-17/h6,12-15,17-21H,5,7H2,1-4H3/t12-,13-,14+,15-,17-/m1/s1. The SMILES string of the molecule is CCOc1cc(C)c(O[C@H]2O[C@H](CO)[C@@H](O)[C@H](O)[C@H]2O)c(C)c1C. The molecule has 0 aromatic heterocycles. The van der Waals surface area contributed by atoms with Gasteiger partial charge in [0, 0.05) is 0 Å². The first kappa shape index (κ1) is 19.0. The Morgan fingerprint density at radius 1 is 1.04 bits per heavy atom. The average Bonchev–Trinajstić information content (AvgIpc) is 2.56. The Kier molecular flexibility index (Phi) is 6.06. The van der Waals surface area contributed by atoms with Crippen LogP contribution in [0.4, 0.5) is 0 Å². The van der Waals surface area contributed by atoms with E-state index in [0.29, 0.717) is 12.4 Å². The smallest absolute Gasteiger partial charge is 0.229 e. The van der Waals surface area contributed by atoms with Gasteiger partial charge in [0.05, 0.1) is 13.2 Å². The summed E-state index contributed by atoms with van der Waals surface area (Å²) in [5.74, 6) is 1.27. The largest absolute Gasteiger partial charge is 0.494 e. The summed E-state index contributed by atoms with van der Waals surface area (Å²) in [7, 11) is 0. The number of hydrogen-bond acceptors (Lipinski definition) is 7. The van der Waals surface area contributed by atoms with E-state index in [-0.39, 0.29) is 0 Å². The van der Waals surface area contributed by atoms with Gasteiger partial charge in [-0.1, -0.05) is 0 Å². The van der Waals surface area contributed by atoms with E-state index in [2.05, 4.69) is 0 Å². The monoisotopic (exact) mass is 342 g/mol. The van der Waals surface area contributed by atoms with Crippen LogP contribution in [-0.2, 0) is 4.74 Å². The number of hydrogen-bond donors (Lipinski definition) is 4. The van der Waals surface area contributed by atoms with Gasteiger partial charge in [0.15, 0.2) is 0 Å². The molecule has 0 bridgehead atoms. The molecule has 7 nitrogen and oxygen atoms in total. The Bertz CT molecular complexity index is 573. The predicted octanol–water partition coefficient (Wildman–Crippen LogP) is 0.189. The highest BCUT2D eigenvalue weighted by Crippen LogP contribution is 2.35. The highest BCUT2D eigenvalue weighted by atomic mass is 16.7. The van der Waals surface area contributed by atoms with E-state index >= 15 is 0 Å². The van der Waals surface area contributed by atoms with Crippen LogP contribution in [0.2, 0.25) is 0 Å². The van der Waals surface area contributed by atoms with E-state index in [9.17, 15) is 20.4 Å². The molecule has 1 aliphatic heterocycles. The maximum atomic E-state index is 10.1. The molecule has 24 heavy (non-hydrogen) atoms. The van der Waals surface area contributed by atoms with Crippen LogP contribution in [0, 0.1) is 20.8 Å². The van der Waals surface area contributed by atoms with E-state index in [1.165, 1.54) is 0 Å². The van der Waals surface area contributed by atoms with Crippen molar-refractivity contribution in [2.75, 3.05) is 13.2 Å². The molecule has 1 fully saturated rings. The topological polar surface area (TPSA) is 109 Å². The van der Waals surface area contributed by atoms with Gasteiger partial charge in [0.1, 0.15) is 35.9 Å². The fourth-order valence-electron chi connectivity index (χ4n) is 2.79. The number of aryl methyl sites for hydroxylation is 1. The van der Waals surface area contributed by atoms with E-state index in [1.54, 1.807) is 0 Å². The first-order valence-corrected chi connectivity index (χ1v) is 8.02. The summed E-state index contributed by atoms with van der Waals surface area (Å²) < 4.78 is 16.8. The summed E-state index contributed by atoms with van der Waals surface area (Å²) in [6, 6.07) is 1.84. The van der Waals surface area contributed by atoms with E-state index in [1.807, 2.05) is 33.8 Å². The average molecular weight is 342 g/mol. The Balaban J connectivity index is 2.28. The first-order chi connectivity index (χ1) is 11.3. The van der Waals surface area contributed by atoms with Gasteiger partial charge in [-0.25, -0.2) is 0 Å². The zero-order valence-corrected chi connectivity index (χ0v) is 14.4. The van der Waals surface area contributed by atoms with Crippen LogP contribution in [0.25, 0.3) is 0 Å². The third-order valence-electron chi connectivity index (χ3n) is 4.36. The van der Waals surface area contributed by atoms with Crippen molar-refractivity contribution in [3.63, 3.8) is 0 Å². The zero-order valence-electron chi connectivity index (χ0n) is 14.4. The molecule has 0 unspecified atom stereocenters. The Hall–Kier alpha value is -1.38. The molecule has 1 heterocycles. The van der Waals surface area contributed by atoms with E-state index < -0.39 is 37.3 Å². The lowest BCUT2D eigenvalue weighted by Gasteiger charge is -2.40. The molecule has 0 radical (unpaired) electrons. The molecule has 2 rings (SSSR count). The molecule has 0 aliphatic carbocycles. The van der Waals surface area contributed by atoms with Gasteiger partial charge in [0.2, 0.25) is 6.29 Å². The highest BCUT2D eigenvalue weighted by Gasteiger charge is 2.45. The quantitative estimate of drug-likeness (QED) is 0.605. The lowest BCUT2D eigenvalue weighted by molar-refractivity contribution is -0.277. The normalized spacial score (nSPS) is 30.2. The van der Waals surface area contributed by atoms with Crippen LogP contribution >= 0.6 is 0 Å². The van der Waals surface area contributed by atoms with E-state index in [0.717, 1.165) is 22.4 Å². The minimum Gasteiger partial charge on any atom is -0.494 e. The van der Waals surface area contributed by atoms with Gasteiger partial charge in [-0.15, -0.1) is 0 Å². The van der Waals surface area contributed by atoms with Crippen LogP contribution in [0.3, 0.4) is 0 Å². The fraction of sp³-hybridized carbons (Fsp3) is 0.647. The highest BCUT2D eigenvalue weighted by molar-refractivity contribution is 5.52. The van der Waals surface area contributed by atoms with Gasteiger partial charge < -0.3 is 34.6 Å². The Morgan fingerprint density at radius 3 is 2.29 bits per heavy atom. The van der Waals surface area contributed by atoms with Crippen LogP contribution in [0.15, 0.2) is 6.07 Å². The number of aliphatic hydroxyl groups excluding tert-OH is 4. The van der Waals surface area contributed by atoms with Crippen molar-refractivity contribution in [1.29, 1.82) is 0 Å². The van der Waals surface area contributed by atoms with Crippen molar-refractivity contribution in [2.45, 2.75) is 58.4 Å². The maximum absolute atomic E-state index is 10.1. The molecular formula is C17H26O7. The van der Waals surface area contributed by atoms with Crippen molar-refractivity contribution in [3.8, 4) is 11.5 Å². The summed E-state index contributed by atoms with van der Waals surface area (Å²) in [5, 5.41) is 39.0. The van der Waals surface area contributed by atoms with Crippen LogP contribution < -0.4 is 9.47 Å². The Morgan fingerprint density at radius 2 is 1.71 bits per heavy atom. The molecule has 136 valence electrons. The molecule has 0 saturated carbocycles. The van der Waals surface area contributed by atoms with Crippen molar-refractivity contribution in [2.24, 2.45) is 0 Å². The predicted molar refractivity (Wildman–Crippen MR) is 86.2 cm³/mol. The molecule has 1 saturated heterocycles. The van der Waals surface area contributed by atoms with E-state index in [4.69, 9.17) is 14.2 Å². The lowest BCUT2D eigenvalue weighted by Crippen LogP contribution is -2.60. The zero-order chi connectivity index (χ0) is 18.0. The van der Waals surface area contributed by atoms with Gasteiger partial charge in [0.25, 0.3) is 0 Å². The van der Waals surface area contributed by atoms with Gasteiger partial charge >= 0.3 is 0 Å². The summed E-state index contributed by atoms with van der Waals surface area (Å²) in [4.78, 5) is 0. The van der Waals surface area contributed by atoms with Crippen molar-refractivity contribution < 1.29 is 34.6 Å². The molecule has 4 N–H and O–H groups in total. The molecule has 1 aromatic rings. The van der Waals surface area contributed by atoms with Gasteiger partial charge in [-0.2, -0.15) is 0 Å². The summed E-state index contributed by atoms with van der Waals surface area (Å²) in [6.07, 6.45) is -6.51. The number of aliphatic hydroxyl groups is 4. The molecular weight excluding hydrogens is 316 g/mol. The Labute approximate surface area is 141 Å². The molecule has 1 aromatic carbocycles. The lowest BCUT2D eigenvalue weighted by atomic mass is 9.99. The second-order valence-corrected chi connectivity index (χ2v) is 6.02. The minimum absolute atomic E-state index is 0.495. The van der Waals surface area contributed by atoms with Gasteiger partial charge in [-0.05, 0) is 50.5 Å². The number of rotatable bonds is 5. The van der Waals surface area contributed by atoms with Gasteiger partial charge in [-0.3, -0.25) is 0 Å². The summed E-state index contributed by atoms with van der Waals surface area (Å²) in [6.45, 7) is 7.57. The molecule has 0 amide bonds. The molecule has 5 atom stereocenters. The summed E-state index contributed by atoms with van der Waals surface area (Å²) in [5.41, 5.74) is 2.52. The third kappa shape index (κ3) is 3.50.